The molecule has 1 heterocycles. The normalized spacial score (nSPS) is 14.6. The van der Waals surface area contributed by atoms with E-state index in [0.717, 1.165) is 5.92 Å². The van der Waals surface area contributed by atoms with Crippen molar-refractivity contribution < 1.29 is 5.11 Å². The topological polar surface area (TPSA) is 23.5 Å². The number of rotatable bonds is 1. The van der Waals surface area contributed by atoms with E-state index in [1.165, 1.54) is 31.5 Å². The first-order valence-electron chi connectivity index (χ1n) is 7.80. The molecule has 0 aliphatic carbocycles. The van der Waals surface area contributed by atoms with Crippen LogP contribution in [-0.2, 0) is 0 Å². The summed E-state index contributed by atoms with van der Waals surface area (Å²) >= 11 is 0. The van der Waals surface area contributed by atoms with Crippen molar-refractivity contribution in [2.75, 3.05) is 20.1 Å². The SMILES string of the molecule is CC(C)C.CC(C)c1ccc(O)cc1.CN1CCCC1. The van der Waals surface area contributed by atoms with Crippen molar-refractivity contribution in [1.82, 2.24) is 4.90 Å². The van der Waals surface area contributed by atoms with E-state index in [0.29, 0.717) is 11.7 Å². The summed E-state index contributed by atoms with van der Waals surface area (Å²) in [5.41, 5.74) is 1.26. The fourth-order valence-electron chi connectivity index (χ4n) is 1.73. The molecule has 2 nitrogen and oxygen atoms in total. The molecule has 0 unspecified atom stereocenters. The minimum atomic E-state index is 0.337. The van der Waals surface area contributed by atoms with Gasteiger partial charge in [0.2, 0.25) is 0 Å². The predicted octanol–water partition coefficient (Wildman–Crippen LogP) is 4.89. The number of nitrogens with zero attached hydrogens (tertiary/aromatic N) is 1. The van der Waals surface area contributed by atoms with Crippen LogP contribution >= 0.6 is 0 Å². The maximum atomic E-state index is 8.94. The van der Waals surface area contributed by atoms with Crippen molar-refractivity contribution in [3.8, 4) is 5.75 Å². The number of hydrogen-bond acceptors (Lipinski definition) is 2. The third-order valence-corrected chi connectivity index (χ3v) is 2.89. The average Bonchev–Trinajstić information content (AvgIpc) is 2.81. The quantitative estimate of drug-likeness (QED) is 0.791. The molecule has 0 amide bonds. The predicted molar refractivity (Wildman–Crippen MR) is 89.4 cm³/mol. The summed E-state index contributed by atoms with van der Waals surface area (Å²) in [4.78, 5) is 2.36. The summed E-state index contributed by atoms with van der Waals surface area (Å²) < 4.78 is 0. The Morgan fingerprint density at radius 2 is 1.30 bits per heavy atom. The van der Waals surface area contributed by atoms with Gasteiger partial charge in [-0.25, -0.2) is 0 Å². The summed E-state index contributed by atoms with van der Waals surface area (Å²) in [6.07, 6.45) is 2.83. The molecule has 0 spiro atoms. The Morgan fingerprint density at radius 1 is 0.900 bits per heavy atom. The van der Waals surface area contributed by atoms with Gasteiger partial charge in [0.1, 0.15) is 5.75 Å². The molecule has 0 saturated carbocycles. The van der Waals surface area contributed by atoms with Crippen molar-refractivity contribution in [3.05, 3.63) is 29.8 Å². The summed E-state index contributed by atoms with van der Waals surface area (Å²) in [5, 5.41) is 8.94. The first-order valence-corrected chi connectivity index (χ1v) is 7.80. The van der Waals surface area contributed by atoms with E-state index in [1.54, 1.807) is 12.1 Å². The van der Waals surface area contributed by atoms with Gasteiger partial charge in [0.05, 0.1) is 0 Å². The Morgan fingerprint density at radius 3 is 1.55 bits per heavy atom. The van der Waals surface area contributed by atoms with E-state index in [9.17, 15) is 0 Å². The molecule has 0 radical (unpaired) electrons. The highest BCUT2D eigenvalue weighted by atomic mass is 16.3. The number of benzene rings is 1. The third kappa shape index (κ3) is 10.9. The summed E-state index contributed by atoms with van der Waals surface area (Å²) in [7, 11) is 2.17. The zero-order chi connectivity index (χ0) is 15.5. The molecule has 1 N–H and O–H groups in total. The summed E-state index contributed by atoms with van der Waals surface area (Å²) in [6, 6.07) is 7.32. The van der Waals surface area contributed by atoms with Crippen molar-refractivity contribution in [2.45, 2.75) is 53.4 Å². The Bertz CT molecular complexity index is 321. The maximum absolute atomic E-state index is 8.94. The lowest BCUT2D eigenvalue weighted by Gasteiger charge is -2.03. The Labute approximate surface area is 125 Å². The van der Waals surface area contributed by atoms with Gasteiger partial charge in [-0.15, -0.1) is 0 Å². The van der Waals surface area contributed by atoms with Gasteiger partial charge < -0.3 is 10.0 Å². The van der Waals surface area contributed by atoms with Crippen LogP contribution in [0, 0.1) is 5.92 Å². The lowest BCUT2D eigenvalue weighted by molar-refractivity contribution is 0.418. The van der Waals surface area contributed by atoms with Gasteiger partial charge in [-0.3, -0.25) is 0 Å². The van der Waals surface area contributed by atoms with E-state index in [2.05, 4.69) is 46.6 Å². The molecule has 2 rings (SSSR count). The van der Waals surface area contributed by atoms with Crippen molar-refractivity contribution >= 4 is 0 Å². The first-order chi connectivity index (χ1) is 9.32. The van der Waals surface area contributed by atoms with Gasteiger partial charge in [-0.2, -0.15) is 0 Å². The van der Waals surface area contributed by atoms with Crippen LogP contribution in [0.5, 0.6) is 5.75 Å². The molecule has 1 aromatic rings. The maximum Gasteiger partial charge on any atom is 0.115 e. The number of hydrogen-bond donors (Lipinski definition) is 1. The average molecular weight is 279 g/mol. The molecule has 0 atom stereocenters. The molecule has 0 aromatic heterocycles. The van der Waals surface area contributed by atoms with Crippen molar-refractivity contribution in [2.24, 2.45) is 5.92 Å². The van der Waals surface area contributed by atoms with E-state index in [4.69, 9.17) is 5.11 Å². The van der Waals surface area contributed by atoms with E-state index in [1.807, 2.05) is 12.1 Å². The number of phenolic OH excluding ortho intramolecular Hbond substituents is 1. The van der Waals surface area contributed by atoms with Gasteiger partial charge in [-0.05, 0) is 62.5 Å². The number of aromatic hydroxyl groups is 1. The van der Waals surface area contributed by atoms with Crippen molar-refractivity contribution in [3.63, 3.8) is 0 Å². The van der Waals surface area contributed by atoms with Crippen LogP contribution in [0.25, 0.3) is 0 Å². The molecule has 116 valence electrons. The zero-order valence-electron chi connectivity index (χ0n) is 14.2. The van der Waals surface area contributed by atoms with Gasteiger partial charge in [0, 0.05) is 0 Å². The van der Waals surface area contributed by atoms with Crippen LogP contribution in [0.3, 0.4) is 0 Å². The second-order valence-corrected chi connectivity index (χ2v) is 6.49. The lowest BCUT2D eigenvalue weighted by atomic mass is 10.0. The molecular weight excluding hydrogens is 246 g/mol. The molecule has 20 heavy (non-hydrogen) atoms. The van der Waals surface area contributed by atoms with E-state index in [-0.39, 0.29) is 0 Å². The van der Waals surface area contributed by atoms with Crippen LogP contribution in [0.1, 0.15) is 58.9 Å². The van der Waals surface area contributed by atoms with E-state index < -0.39 is 0 Å². The molecule has 1 saturated heterocycles. The number of likely N-dealkylation sites (tertiary alicyclic amines) is 1. The van der Waals surface area contributed by atoms with Crippen LogP contribution in [-0.4, -0.2) is 30.1 Å². The molecule has 1 aliphatic heterocycles. The van der Waals surface area contributed by atoms with E-state index >= 15 is 0 Å². The second kappa shape index (κ2) is 10.7. The highest BCUT2D eigenvalue weighted by Crippen LogP contribution is 2.16. The van der Waals surface area contributed by atoms with Gasteiger partial charge >= 0.3 is 0 Å². The summed E-state index contributed by atoms with van der Waals surface area (Å²) in [5.74, 6) is 1.71. The van der Waals surface area contributed by atoms with Gasteiger partial charge in [0.25, 0.3) is 0 Å². The van der Waals surface area contributed by atoms with Crippen LogP contribution in [0.15, 0.2) is 24.3 Å². The fourth-order valence-corrected chi connectivity index (χ4v) is 1.73. The largest absolute Gasteiger partial charge is 0.508 e. The van der Waals surface area contributed by atoms with Gasteiger partial charge in [-0.1, -0.05) is 46.8 Å². The minimum absolute atomic E-state index is 0.337. The fraction of sp³-hybridized carbons (Fsp3) is 0.667. The zero-order valence-corrected chi connectivity index (χ0v) is 14.2. The highest BCUT2D eigenvalue weighted by molar-refractivity contribution is 5.27. The summed E-state index contributed by atoms with van der Waals surface area (Å²) in [6.45, 7) is 13.4. The molecule has 1 fully saturated rings. The molecule has 1 aliphatic rings. The van der Waals surface area contributed by atoms with Crippen LogP contribution in [0.4, 0.5) is 0 Å². The standard InChI is InChI=1S/C9H12O.C5H11N.C4H10/c1-7(2)8-3-5-9(10)6-4-8;1-6-4-2-3-5-6;1-4(2)3/h3-7,10H,1-2H3;2-5H2,1H3;4H,1-3H3. The molecule has 0 bridgehead atoms. The number of phenols is 1. The molecule has 1 aromatic carbocycles. The third-order valence-electron chi connectivity index (χ3n) is 2.89. The smallest absolute Gasteiger partial charge is 0.115 e. The van der Waals surface area contributed by atoms with Gasteiger partial charge in [0.15, 0.2) is 0 Å². The Balaban J connectivity index is 0.000000307. The first kappa shape index (κ1) is 19.0. The van der Waals surface area contributed by atoms with Crippen LogP contribution in [0.2, 0.25) is 0 Å². The Hall–Kier alpha value is -1.02. The monoisotopic (exact) mass is 279 g/mol. The van der Waals surface area contributed by atoms with Crippen LogP contribution < -0.4 is 0 Å². The Kier molecular flexibility index (Phi) is 10.2. The molecular formula is C18H33NO. The minimum Gasteiger partial charge on any atom is -0.508 e. The van der Waals surface area contributed by atoms with Crippen molar-refractivity contribution in [1.29, 1.82) is 0 Å². The highest BCUT2D eigenvalue weighted by Gasteiger charge is 2.03. The molecule has 2 heteroatoms. The lowest BCUT2D eigenvalue weighted by Crippen LogP contribution is -2.10. The second-order valence-electron chi connectivity index (χ2n) is 6.49.